The van der Waals surface area contributed by atoms with Gasteiger partial charge in [-0.1, -0.05) is 116 Å². The number of rotatable bonds is 21. The fraction of sp³-hybridized carbons (Fsp3) is 0.957. The number of unbranched alkanes of at least 4 members (excludes halogenated alkanes) is 16. The van der Waals surface area contributed by atoms with E-state index in [1.54, 1.807) is 7.11 Å². The van der Waals surface area contributed by atoms with Crippen LogP contribution in [0.3, 0.4) is 0 Å². The van der Waals surface area contributed by atoms with E-state index in [-0.39, 0.29) is 12.5 Å². The average molecular weight is 371 g/mol. The van der Waals surface area contributed by atoms with Crippen LogP contribution in [0.1, 0.15) is 129 Å². The van der Waals surface area contributed by atoms with Crippen molar-refractivity contribution in [3.8, 4) is 0 Å². The van der Waals surface area contributed by atoms with E-state index in [1.807, 2.05) is 0 Å². The molecule has 0 fully saturated rings. The Morgan fingerprint density at radius 1 is 0.692 bits per heavy atom. The molecular weight excluding hydrogens is 324 g/mol. The second-order valence-electron chi connectivity index (χ2n) is 7.90. The molecule has 0 rings (SSSR count). The lowest BCUT2D eigenvalue weighted by molar-refractivity contribution is -0.139. The highest BCUT2D eigenvalue weighted by Gasteiger charge is 2.11. The molecule has 0 aromatic carbocycles. The van der Waals surface area contributed by atoms with Gasteiger partial charge in [-0.3, -0.25) is 4.79 Å². The van der Waals surface area contributed by atoms with E-state index in [9.17, 15) is 4.79 Å². The SMILES string of the molecule is CCCCCCCCCCCCCCCCCCCC(CC(=O)O)OC. The third kappa shape index (κ3) is 19.8. The lowest BCUT2D eigenvalue weighted by Gasteiger charge is -2.12. The molecule has 26 heavy (non-hydrogen) atoms. The monoisotopic (exact) mass is 370 g/mol. The quantitative estimate of drug-likeness (QED) is 0.212. The second kappa shape index (κ2) is 20.7. The highest BCUT2D eigenvalue weighted by molar-refractivity contribution is 5.67. The summed E-state index contributed by atoms with van der Waals surface area (Å²) in [7, 11) is 1.61. The zero-order valence-electron chi connectivity index (χ0n) is 17.8. The summed E-state index contributed by atoms with van der Waals surface area (Å²) in [5.74, 6) is -0.760. The van der Waals surface area contributed by atoms with E-state index in [0.717, 1.165) is 12.8 Å². The first-order valence-corrected chi connectivity index (χ1v) is 11.4. The van der Waals surface area contributed by atoms with Gasteiger partial charge in [-0.2, -0.15) is 0 Å². The highest BCUT2D eigenvalue weighted by atomic mass is 16.5. The number of ether oxygens (including phenoxy) is 1. The first-order valence-electron chi connectivity index (χ1n) is 11.4. The van der Waals surface area contributed by atoms with Crippen molar-refractivity contribution in [3.63, 3.8) is 0 Å². The summed E-state index contributed by atoms with van der Waals surface area (Å²) in [5, 5.41) is 8.78. The molecule has 0 saturated heterocycles. The van der Waals surface area contributed by atoms with Crippen LogP contribution >= 0.6 is 0 Å². The number of carboxylic acid groups (broad SMARTS) is 1. The molecule has 0 heterocycles. The molecule has 1 N–H and O–H groups in total. The Morgan fingerprint density at radius 3 is 1.35 bits per heavy atom. The van der Waals surface area contributed by atoms with Crippen molar-refractivity contribution in [2.75, 3.05) is 7.11 Å². The first kappa shape index (κ1) is 25.4. The average Bonchev–Trinajstić information content (AvgIpc) is 2.63. The molecule has 3 heteroatoms. The topological polar surface area (TPSA) is 46.5 Å². The molecule has 0 amide bonds. The summed E-state index contributed by atoms with van der Waals surface area (Å²) in [6, 6.07) is 0. The second-order valence-corrected chi connectivity index (χ2v) is 7.90. The van der Waals surface area contributed by atoms with Crippen LogP contribution in [0, 0.1) is 0 Å². The van der Waals surface area contributed by atoms with E-state index in [4.69, 9.17) is 9.84 Å². The van der Waals surface area contributed by atoms with Crippen LogP contribution in [0.15, 0.2) is 0 Å². The van der Waals surface area contributed by atoms with Crippen LogP contribution in [0.5, 0.6) is 0 Å². The third-order valence-corrected chi connectivity index (χ3v) is 5.37. The molecule has 3 nitrogen and oxygen atoms in total. The highest BCUT2D eigenvalue weighted by Crippen LogP contribution is 2.15. The minimum atomic E-state index is -0.760. The minimum Gasteiger partial charge on any atom is -0.481 e. The summed E-state index contributed by atoms with van der Waals surface area (Å²) < 4.78 is 5.21. The lowest BCUT2D eigenvalue weighted by Crippen LogP contribution is -2.15. The summed E-state index contributed by atoms with van der Waals surface area (Å²) in [5.41, 5.74) is 0. The smallest absolute Gasteiger partial charge is 0.305 e. The van der Waals surface area contributed by atoms with Gasteiger partial charge in [0.1, 0.15) is 0 Å². The van der Waals surface area contributed by atoms with Gasteiger partial charge in [0.15, 0.2) is 0 Å². The van der Waals surface area contributed by atoms with Crippen LogP contribution in [-0.4, -0.2) is 24.3 Å². The summed E-state index contributed by atoms with van der Waals surface area (Å²) >= 11 is 0. The lowest BCUT2D eigenvalue weighted by atomic mass is 10.0. The standard InChI is InChI=1S/C23H46O3/c1-3-4-5-6-7-8-9-10-11-12-13-14-15-16-17-18-19-20-22(26-2)21-23(24)25/h22H,3-21H2,1-2H3,(H,24,25). The van der Waals surface area contributed by atoms with Crippen LogP contribution in [-0.2, 0) is 9.53 Å². The number of methoxy groups -OCH3 is 1. The van der Waals surface area contributed by atoms with E-state index < -0.39 is 5.97 Å². The van der Waals surface area contributed by atoms with Crippen molar-refractivity contribution in [1.82, 2.24) is 0 Å². The largest absolute Gasteiger partial charge is 0.481 e. The van der Waals surface area contributed by atoms with Gasteiger partial charge >= 0.3 is 5.97 Å². The number of hydrogen-bond acceptors (Lipinski definition) is 2. The van der Waals surface area contributed by atoms with Gasteiger partial charge in [0.05, 0.1) is 12.5 Å². The Labute approximate surface area is 163 Å². The van der Waals surface area contributed by atoms with Crippen molar-refractivity contribution >= 4 is 5.97 Å². The van der Waals surface area contributed by atoms with Gasteiger partial charge in [-0.15, -0.1) is 0 Å². The van der Waals surface area contributed by atoms with Crippen LogP contribution < -0.4 is 0 Å². The molecule has 156 valence electrons. The van der Waals surface area contributed by atoms with Crippen molar-refractivity contribution in [3.05, 3.63) is 0 Å². The summed E-state index contributed by atoms with van der Waals surface area (Å²) in [6.07, 6.45) is 24.2. The maximum absolute atomic E-state index is 10.7. The van der Waals surface area contributed by atoms with Gasteiger partial charge in [0.25, 0.3) is 0 Å². The predicted octanol–water partition coefficient (Wildman–Crippen LogP) is 7.52. The predicted molar refractivity (Wildman–Crippen MR) is 112 cm³/mol. The molecule has 0 aliphatic rings. The van der Waals surface area contributed by atoms with Crippen LogP contribution in [0.2, 0.25) is 0 Å². The van der Waals surface area contributed by atoms with Crippen LogP contribution in [0.25, 0.3) is 0 Å². The van der Waals surface area contributed by atoms with Crippen molar-refractivity contribution < 1.29 is 14.6 Å². The van der Waals surface area contributed by atoms with Crippen molar-refractivity contribution in [2.24, 2.45) is 0 Å². The number of aliphatic carboxylic acids is 1. The van der Waals surface area contributed by atoms with Gasteiger partial charge in [0, 0.05) is 7.11 Å². The van der Waals surface area contributed by atoms with E-state index in [2.05, 4.69) is 6.92 Å². The zero-order chi connectivity index (χ0) is 19.3. The summed E-state index contributed by atoms with van der Waals surface area (Å²) in [6.45, 7) is 2.28. The van der Waals surface area contributed by atoms with E-state index in [0.29, 0.717) is 0 Å². The Hall–Kier alpha value is -0.570. The van der Waals surface area contributed by atoms with Crippen LogP contribution in [0.4, 0.5) is 0 Å². The Balaban J connectivity index is 3.14. The Morgan fingerprint density at radius 2 is 1.04 bits per heavy atom. The molecule has 0 bridgehead atoms. The number of carboxylic acids is 1. The van der Waals surface area contributed by atoms with Gasteiger partial charge in [-0.25, -0.2) is 0 Å². The molecular formula is C23H46O3. The molecule has 0 saturated carbocycles. The molecule has 0 aliphatic carbocycles. The Bertz CT molecular complexity index is 291. The normalized spacial score (nSPS) is 12.4. The molecule has 0 radical (unpaired) electrons. The fourth-order valence-corrected chi connectivity index (χ4v) is 3.59. The van der Waals surface area contributed by atoms with Gasteiger partial charge < -0.3 is 9.84 Å². The van der Waals surface area contributed by atoms with Gasteiger partial charge in [0.2, 0.25) is 0 Å². The maximum Gasteiger partial charge on any atom is 0.305 e. The summed E-state index contributed by atoms with van der Waals surface area (Å²) in [4.78, 5) is 10.7. The molecule has 0 spiro atoms. The first-order chi connectivity index (χ1) is 12.7. The molecule has 0 aliphatic heterocycles. The fourth-order valence-electron chi connectivity index (χ4n) is 3.59. The molecule has 1 atom stereocenters. The number of hydrogen-bond donors (Lipinski definition) is 1. The molecule has 0 aromatic rings. The Kier molecular flexibility index (Phi) is 20.3. The zero-order valence-corrected chi connectivity index (χ0v) is 17.8. The van der Waals surface area contributed by atoms with Crippen molar-refractivity contribution in [2.45, 2.75) is 135 Å². The van der Waals surface area contributed by atoms with Gasteiger partial charge in [-0.05, 0) is 6.42 Å². The minimum absolute atomic E-state index is 0.108. The maximum atomic E-state index is 10.7. The van der Waals surface area contributed by atoms with Crippen molar-refractivity contribution in [1.29, 1.82) is 0 Å². The molecule has 1 unspecified atom stereocenters. The molecule has 0 aromatic heterocycles. The van der Waals surface area contributed by atoms with E-state index in [1.165, 1.54) is 103 Å². The number of carbonyl (C=O) groups is 1. The van der Waals surface area contributed by atoms with E-state index >= 15 is 0 Å². The third-order valence-electron chi connectivity index (χ3n) is 5.37.